The molecule has 0 saturated carbocycles. The predicted octanol–water partition coefficient (Wildman–Crippen LogP) is 3.45. The topological polar surface area (TPSA) is 60.8 Å². The number of Topliss-reactive ketones (excluding diaryl/α,β-unsaturated/α-hetero) is 1. The number of aromatic hydroxyl groups is 2. The maximum Gasteiger partial charge on any atom is 0.177 e. The number of rotatable bonds is 5. The molecular formula is C16H22ClNO3. The minimum absolute atomic E-state index is 0.0632. The van der Waals surface area contributed by atoms with Crippen molar-refractivity contribution >= 4 is 17.4 Å². The molecule has 0 atom stereocenters. The van der Waals surface area contributed by atoms with E-state index in [-0.39, 0.29) is 22.1 Å². The van der Waals surface area contributed by atoms with Gasteiger partial charge in [0.1, 0.15) is 0 Å². The number of ketones is 1. The molecule has 0 unspecified atom stereocenters. The molecule has 1 aliphatic heterocycles. The molecule has 4 nitrogen and oxygen atoms in total. The van der Waals surface area contributed by atoms with Crippen LogP contribution < -0.4 is 0 Å². The summed E-state index contributed by atoms with van der Waals surface area (Å²) in [5, 5.41) is 18.8. The lowest BCUT2D eigenvalue weighted by atomic mass is 9.99. The Kier molecular flexibility index (Phi) is 5.48. The van der Waals surface area contributed by atoms with Gasteiger partial charge in [-0.05, 0) is 56.9 Å². The number of phenolic OH excluding ortho intramolecular Hbond substituents is 2. The molecule has 0 bridgehead atoms. The van der Waals surface area contributed by atoms with Crippen molar-refractivity contribution in [2.75, 3.05) is 19.6 Å². The van der Waals surface area contributed by atoms with Gasteiger partial charge in [0.15, 0.2) is 17.3 Å². The highest BCUT2D eigenvalue weighted by Crippen LogP contribution is 2.36. The zero-order valence-electron chi connectivity index (χ0n) is 12.3. The fourth-order valence-corrected chi connectivity index (χ4v) is 2.92. The number of carbonyl (C=O) groups is 1. The van der Waals surface area contributed by atoms with Crippen LogP contribution in [0, 0.1) is 5.92 Å². The van der Waals surface area contributed by atoms with Crippen LogP contribution in [0.4, 0.5) is 0 Å². The standard InChI is InChI=1S/C16H22ClNO3/c1-11-6-9-18(10-7-11)8-2-3-13(19)12-4-5-14(20)16(21)15(12)17/h4-5,11,20-21H,2-3,6-10H2,1H3. The van der Waals surface area contributed by atoms with Crippen molar-refractivity contribution in [2.24, 2.45) is 5.92 Å². The molecule has 0 aliphatic carbocycles. The first-order chi connectivity index (χ1) is 9.99. The van der Waals surface area contributed by atoms with Crippen molar-refractivity contribution in [1.82, 2.24) is 4.90 Å². The quantitative estimate of drug-likeness (QED) is 0.646. The van der Waals surface area contributed by atoms with Gasteiger partial charge in [-0.3, -0.25) is 4.79 Å². The SMILES string of the molecule is CC1CCN(CCCC(=O)c2ccc(O)c(O)c2Cl)CC1. The second-order valence-corrected chi connectivity index (χ2v) is 6.22. The number of halogens is 1. The second-order valence-electron chi connectivity index (χ2n) is 5.85. The van der Waals surface area contributed by atoms with Gasteiger partial charge in [-0.2, -0.15) is 0 Å². The number of hydrogen-bond donors (Lipinski definition) is 2. The first-order valence-corrected chi connectivity index (χ1v) is 7.83. The lowest BCUT2D eigenvalue weighted by Crippen LogP contribution is -2.33. The van der Waals surface area contributed by atoms with Crippen molar-refractivity contribution < 1.29 is 15.0 Å². The van der Waals surface area contributed by atoms with E-state index in [0.29, 0.717) is 6.42 Å². The van der Waals surface area contributed by atoms with Gasteiger partial charge in [-0.1, -0.05) is 18.5 Å². The lowest BCUT2D eigenvalue weighted by molar-refractivity contribution is 0.0970. The van der Waals surface area contributed by atoms with Crippen molar-refractivity contribution in [3.8, 4) is 11.5 Å². The Bertz CT molecular complexity index is 510. The van der Waals surface area contributed by atoms with Crippen LogP contribution in [0.2, 0.25) is 5.02 Å². The van der Waals surface area contributed by atoms with Crippen molar-refractivity contribution in [3.63, 3.8) is 0 Å². The van der Waals surface area contributed by atoms with Crippen molar-refractivity contribution in [3.05, 3.63) is 22.7 Å². The monoisotopic (exact) mass is 311 g/mol. The highest BCUT2D eigenvalue weighted by atomic mass is 35.5. The average molecular weight is 312 g/mol. The number of nitrogens with zero attached hydrogens (tertiary/aromatic N) is 1. The zero-order valence-corrected chi connectivity index (χ0v) is 13.1. The summed E-state index contributed by atoms with van der Waals surface area (Å²) in [5.74, 6) is -0.0196. The number of phenols is 2. The fourth-order valence-electron chi connectivity index (χ4n) is 2.65. The Balaban J connectivity index is 1.84. The van der Waals surface area contributed by atoms with Crippen molar-refractivity contribution in [1.29, 1.82) is 0 Å². The van der Waals surface area contributed by atoms with Gasteiger partial charge in [0.25, 0.3) is 0 Å². The van der Waals surface area contributed by atoms with E-state index in [1.54, 1.807) is 0 Å². The summed E-state index contributed by atoms with van der Waals surface area (Å²) in [6, 6.07) is 2.75. The van der Waals surface area contributed by atoms with Crippen LogP contribution in [0.1, 0.15) is 43.0 Å². The van der Waals surface area contributed by atoms with Crippen LogP contribution in [-0.4, -0.2) is 40.5 Å². The largest absolute Gasteiger partial charge is 0.504 e. The van der Waals surface area contributed by atoms with E-state index < -0.39 is 5.75 Å². The van der Waals surface area contributed by atoms with Gasteiger partial charge in [0, 0.05) is 12.0 Å². The molecule has 5 heteroatoms. The van der Waals surface area contributed by atoms with E-state index in [1.165, 1.54) is 25.0 Å². The summed E-state index contributed by atoms with van der Waals surface area (Å²) in [6.45, 7) is 5.41. The number of piperidine rings is 1. The molecule has 21 heavy (non-hydrogen) atoms. The molecule has 1 aliphatic rings. The summed E-state index contributed by atoms with van der Waals surface area (Å²) >= 11 is 5.90. The molecule has 0 amide bonds. The van der Waals surface area contributed by atoms with Crippen LogP contribution in [0.15, 0.2) is 12.1 Å². The van der Waals surface area contributed by atoms with Crippen LogP contribution in [0.5, 0.6) is 11.5 Å². The molecular weight excluding hydrogens is 290 g/mol. The molecule has 116 valence electrons. The number of hydrogen-bond acceptors (Lipinski definition) is 4. The molecule has 1 fully saturated rings. The highest BCUT2D eigenvalue weighted by Gasteiger charge is 2.18. The molecule has 2 N–H and O–H groups in total. The summed E-state index contributed by atoms with van der Waals surface area (Å²) in [7, 11) is 0. The highest BCUT2D eigenvalue weighted by molar-refractivity contribution is 6.35. The maximum atomic E-state index is 12.1. The van der Waals surface area contributed by atoms with E-state index >= 15 is 0 Å². The van der Waals surface area contributed by atoms with Gasteiger partial charge in [-0.15, -0.1) is 0 Å². The predicted molar refractivity (Wildman–Crippen MR) is 83.2 cm³/mol. The van der Waals surface area contributed by atoms with Crippen molar-refractivity contribution in [2.45, 2.75) is 32.6 Å². The zero-order chi connectivity index (χ0) is 15.4. The van der Waals surface area contributed by atoms with Crippen LogP contribution in [0.3, 0.4) is 0 Å². The third kappa shape index (κ3) is 4.11. The Hall–Kier alpha value is -1.26. The summed E-state index contributed by atoms with van der Waals surface area (Å²) < 4.78 is 0. The van der Waals surface area contributed by atoms with E-state index in [2.05, 4.69) is 11.8 Å². The normalized spacial score (nSPS) is 17.0. The molecule has 1 saturated heterocycles. The number of benzene rings is 1. The van der Waals surface area contributed by atoms with Crippen LogP contribution in [-0.2, 0) is 0 Å². The number of carbonyl (C=O) groups excluding carboxylic acids is 1. The fraction of sp³-hybridized carbons (Fsp3) is 0.562. The van der Waals surface area contributed by atoms with E-state index in [0.717, 1.165) is 32.0 Å². The number of likely N-dealkylation sites (tertiary alicyclic amines) is 1. The summed E-state index contributed by atoms with van der Waals surface area (Å²) in [6.07, 6.45) is 3.64. The lowest BCUT2D eigenvalue weighted by Gasteiger charge is -2.30. The van der Waals surface area contributed by atoms with Gasteiger partial charge in [0.05, 0.1) is 5.02 Å². The van der Waals surface area contributed by atoms with E-state index in [1.807, 2.05) is 0 Å². The summed E-state index contributed by atoms with van der Waals surface area (Å²) in [5.41, 5.74) is 0.277. The van der Waals surface area contributed by atoms with Crippen LogP contribution in [0.25, 0.3) is 0 Å². The Labute approximate surface area is 130 Å². The molecule has 1 aromatic rings. The summed E-state index contributed by atoms with van der Waals surface area (Å²) in [4.78, 5) is 14.5. The van der Waals surface area contributed by atoms with Gasteiger partial charge in [0.2, 0.25) is 0 Å². The minimum atomic E-state index is -0.424. The molecule has 1 aromatic carbocycles. The molecule has 0 radical (unpaired) electrons. The first-order valence-electron chi connectivity index (χ1n) is 7.45. The smallest absolute Gasteiger partial charge is 0.177 e. The van der Waals surface area contributed by atoms with E-state index in [4.69, 9.17) is 11.6 Å². The molecule has 2 rings (SSSR count). The second kappa shape index (κ2) is 7.14. The van der Waals surface area contributed by atoms with Gasteiger partial charge < -0.3 is 15.1 Å². The maximum absolute atomic E-state index is 12.1. The Morgan fingerprint density at radius 1 is 1.33 bits per heavy atom. The van der Waals surface area contributed by atoms with Crippen LogP contribution >= 0.6 is 11.6 Å². The van der Waals surface area contributed by atoms with Gasteiger partial charge >= 0.3 is 0 Å². The van der Waals surface area contributed by atoms with Gasteiger partial charge in [-0.25, -0.2) is 0 Å². The third-order valence-corrected chi connectivity index (χ3v) is 4.53. The minimum Gasteiger partial charge on any atom is -0.504 e. The molecule has 0 aromatic heterocycles. The Morgan fingerprint density at radius 2 is 2.00 bits per heavy atom. The Morgan fingerprint density at radius 3 is 2.67 bits per heavy atom. The average Bonchev–Trinajstić information content (AvgIpc) is 2.47. The molecule has 0 spiro atoms. The first kappa shape index (κ1) is 16.1. The third-order valence-electron chi connectivity index (χ3n) is 4.15. The van der Waals surface area contributed by atoms with E-state index in [9.17, 15) is 15.0 Å². The molecule has 1 heterocycles.